The van der Waals surface area contributed by atoms with Crippen molar-refractivity contribution in [2.24, 2.45) is 5.16 Å². The highest BCUT2D eigenvalue weighted by molar-refractivity contribution is 7.10. The third-order valence-corrected chi connectivity index (χ3v) is 7.80. The first-order valence-electron chi connectivity index (χ1n) is 12.8. The number of aromatic nitrogens is 1. The summed E-state index contributed by atoms with van der Waals surface area (Å²) in [5, 5.41) is 10.7. The third-order valence-electron chi connectivity index (χ3n) is 6.79. The maximum absolute atomic E-state index is 12.8. The minimum Gasteiger partial charge on any atom is -0.387 e. The van der Waals surface area contributed by atoms with Crippen molar-refractivity contribution >= 4 is 28.8 Å². The second-order valence-electron chi connectivity index (χ2n) is 9.27. The lowest BCUT2D eigenvalue weighted by Gasteiger charge is -2.31. The second kappa shape index (κ2) is 11.7. The number of thiazole rings is 1. The number of aryl methyl sites for hydroxylation is 3. The number of nitrogens with zero attached hydrogens (tertiary/aromatic N) is 3. The lowest BCUT2D eigenvalue weighted by atomic mass is 9.97. The van der Waals surface area contributed by atoms with Crippen molar-refractivity contribution in [3.63, 3.8) is 0 Å². The molecule has 7 heteroatoms. The number of anilines is 1. The van der Waals surface area contributed by atoms with Gasteiger partial charge in [-0.15, -0.1) is 11.3 Å². The molecule has 0 radical (unpaired) electrons. The first-order valence-corrected chi connectivity index (χ1v) is 13.7. The number of amides is 2. The molecule has 36 heavy (non-hydrogen) atoms. The molecule has 5 rings (SSSR count). The van der Waals surface area contributed by atoms with Gasteiger partial charge in [-0.3, -0.25) is 0 Å². The molecule has 1 N–H and O–H groups in total. The van der Waals surface area contributed by atoms with Crippen LogP contribution >= 0.6 is 11.3 Å². The molecule has 0 aliphatic carbocycles. The highest BCUT2D eigenvalue weighted by atomic mass is 32.1. The van der Waals surface area contributed by atoms with Crippen LogP contribution in [0.3, 0.4) is 0 Å². The second-order valence-corrected chi connectivity index (χ2v) is 10.2. The number of carbonyl (C=O) groups excluding carboxylic acids is 1. The number of oxime groups is 1. The quantitative estimate of drug-likeness (QED) is 0.403. The molecule has 0 saturated carbocycles. The van der Waals surface area contributed by atoms with Crippen molar-refractivity contribution in [2.45, 2.75) is 65.9 Å². The summed E-state index contributed by atoms with van der Waals surface area (Å²) in [5.41, 5.74) is 7.35. The van der Waals surface area contributed by atoms with E-state index in [1.807, 2.05) is 56.9 Å². The summed E-state index contributed by atoms with van der Waals surface area (Å²) < 4.78 is 0. The molecule has 1 unspecified atom stereocenters. The van der Waals surface area contributed by atoms with Gasteiger partial charge in [-0.2, -0.15) is 0 Å². The number of piperidine rings is 1. The molecule has 2 amide bonds. The maximum Gasteiger partial charge on any atom is 0.321 e. The Morgan fingerprint density at radius 1 is 1.06 bits per heavy atom. The zero-order valence-electron chi connectivity index (χ0n) is 21.9. The number of carbonyl (C=O) groups is 1. The van der Waals surface area contributed by atoms with Crippen LogP contribution in [0.25, 0.3) is 0 Å². The van der Waals surface area contributed by atoms with Gasteiger partial charge in [0.15, 0.2) is 6.10 Å². The molecule has 1 fully saturated rings. The highest BCUT2D eigenvalue weighted by Gasteiger charge is 2.29. The molecular weight excluding hydrogens is 468 g/mol. The van der Waals surface area contributed by atoms with E-state index in [1.54, 1.807) is 11.3 Å². The van der Waals surface area contributed by atoms with Crippen molar-refractivity contribution in [3.8, 4) is 0 Å². The van der Waals surface area contributed by atoms with Gasteiger partial charge in [0.2, 0.25) is 0 Å². The Bertz CT molecular complexity index is 1230. The number of likely N-dealkylation sites (tertiary alicyclic amines) is 1. The minimum atomic E-state index is -0.0415. The first-order chi connectivity index (χ1) is 17.5. The maximum atomic E-state index is 12.8. The lowest BCUT2D eigenvalue weighted by Crippen LogP contribution is -2.40. The van der Waals surface area contributed by atoms with Crippen LogP contribution in [0.5, 0.6) is 0 Å². The summed E-state index contributed by atoms with van der Waals surface area (Å²) >= 11 is 1.69. The Balaban J connectivity index is 0.00000148. The van der Waals surface area contributed by atoms with Gasteiger partial charge < -0.3 is 15.1 Å². The fourth-order valence-electron chi connectivity index (χ4n) is 4.65. The van der Waals surface area contributed by atoms with Crippen molar-refractivity contribution in [3.05, 3.63) is 80.8 Å². The summed E-state index contributed by atoms with van der Waals surface area (Å²) in [7, 11) is 0. The summed E-state index contributed by atoms with van der Waals surface area (Å²) in [6, 6.07) is 14.4. The fourth-order valence-corrected chi connectivity index (χ4v) is 5.65. The van der Waals surface area contributed by atoms with Crippen molar-refractivity contribution in [1.29, 1.82) is 0 Å². The first kappa shape index (κ1) is 25.9. The Kier molecular flexibility index (Phi) is 8.41. The predicted octanol–water partition coefficient (Wildman–Crippen LogP) is 7.37. The molecule has 2 aromatic carbocycles. The molecule has 6 nitrogen and oxygen atoms in total. The van der Waals surface area contributed by atoms with E-state index in [2.05, 4.69) is 41.0 Å². The van der Waals surface area contributed by atoms with Gasteiger partial charge in [-0.1, -0.05) is 55.4 Å². The van der Waals surface area contributed by atoms with E-state index >= 15 is 0 Å². The molecular formula is C29H36N4O2S. The van der Waals surface area contributed by atoms with Gasteiger partial charge in [0, 0.05) is 36.5 Å². The van der Waals surface area contributed by atoms with Crippen LogP contribution < -0.4 is 5.32 Å². The van der Waals surface area contributed by atoms with Crippen LogP contribution in [0, 0.1) is 20.8 Å². The minimum absolute atomic E-state index is 0.0216. The van der Waals surface area contributed by atoms with Crippen molar-refractivity contribution < 1.29 is 9.63 Å². The predicted molar refractivity (Wildman–Crippen MR) is 148 cm³/mol. The van der Waals surface area contributed by atoms with Gasteiger partial charge in [-0.05, 0) is 61.9 Å². The van der Waals surface area contributed by atoms with E-state index in [4.69, 9.17) is 9.82 Å². The van der Waals surface area contributed by atoms with E-state index in [9.17, 15) is 4.79 Å². The number of nitrogens with one attached hydrogen (secondary N) is 1. The normalized spacial score (nSPS) is 17.6. The van der Waals surface area contributed by atoms with E-state index in [0.717, 1.165) is 65.6 Å². The van der Waals surface area contributed by atoms with Crippen LogP contribution in [-0.4, -0.2) is 34.7 Å². The average Bonchev–Trinajstić information content (AvgIpc) is 3.58. The highest BCUT2D eigenvalue weighted by Crippen LogP contribution is 2.34. The summed E-state index contributed by atoms with van der Waals surface area (Å²) in [6.45, 7) is 11.6. The van der Waals surface area contributed by atoms with Crippen LogP contribution in [0.1, 0.15) is 78.1 Å². The van der Waals surface area contributed by atoms with Gasteiger partial charge in [0.25, 0.3) is 0 Å². The molecule has 0 spiro atoms. The molecule has 1 saturated heterocycles. The Hall–Kier alpha value is -3.19. The van der Waals surface area contributed by atoms with E-state index in [-0.39, 0.29) is 12.1 Å². The zero-order chi connectivity index (χ0) is 25.7. The van der Waals surface area contributed by atoms with Crippen LogP contribution in [0.4, 0.5) is 10.5 Å². The van der Waals surface area contributed by atoms with Crippen molar-refractivity contribution in [2.75, 3.05) is 18.4 Å². The lowest BCUT2D eigenvalue weighted by molar-refractivity contribution is 0.0853. The number of benzene rings is 2. The Morgan fingerprint density at radius 3 is 2.56 bits per heavy atom. The molecule has 1 atom stereocenters. The summed E-state index contributed by atoms with van der Waals surface area (Å²) in [4.78, 5) is 25.4. The molecule has 3 heterocycles. The SMILES string of the molecule is CC.Cc1ccc(C)c(NC(=O)N2CCC(c3nc(C4=NOC(c5ccccc5C)C4)cs3)CC2)c1. The molecule has 1 aromatic heterocycles. The van der Waals surface area contributed by atoms with Crippen LogP contribution in [0.15, 0.2) is 53.0 Å². The van der Waals surface area contributed by atoms with Gasteiger partial charge in [0.1, 0.15) is 5.71 Å². The third kappa shape index (κ3) is 5.78. The standard InChI is InChI=1S/C27H30N4O2S.C2H6/c1-17-8-9-19(3)22(14-17)29-27(32)31-12-10-20(11-13-31)26-28-24(16-34-26)23-15-25(33-30-23)21-7-5-4-6-18(21)2;1-2/h4-9,14,16,20,25H,10-13,15H2,1-3H3,(H,29,32);1-2H3. The van der Waals surface area contributed by atoms with E-state index in [0.29, 0.717) is 5.92 Å². The zero-order valence-corrected chi connectivity index (χ0v) is 22.7. The number of hydrogen-bond donors (Lipinski definition) is 1. The molecule has 2 aliphatic rings. The van der Waals surface area contributed by atoms with Gasteiger partial charge >= 0.3 is 6.03 Å². The van der Waals surface area contributed by atoms with E-state index < -0.39 is 0 Å². The molecule has 3 aromatic rings. The largest absolute Gasteiger partial charge is 0.387 e. The summed E-state index contributed by atoms with van der Waals surface area (Å²) in [6.07, 6.45) is 2.54. The fraction of sp³-hybridized carbons (Fsp3) is 0.414. The Labute approximate surface area is 218 Å². The topological polar surface area (TPSA) is 66.8 Å². The van der Waals surface area contributed by atoms with Gasteiger partial charge in [0.05, 0.1) is 10.7 Å². The van der Waals surface area contributed by atoms with Crippen LogP contribution in [-0.2, 0) is 4.84 Å². The molecule has 190 valence electrons. The number of rotatable bonds is 4. The number of urea groups is 1. The molecule has 0 bridgehead atoms. The average molecular weight is 505 g/mol. The van der Waals surface area contributed by atoms with Gasteiger partial charge in [-0.25, -0.2) is 9.78 Å². The Morgan fingerprint density at radius 2 is 1.81 bits per heavy atom. The van der Waals surface area contributed by atoms with Crippen LogP contribution in [0.2, 0.25) is 0 Å². The molecule has 2 aliphatic heterocycles. The monoisotopic (exact) mass is 504 g/mol. The van der Waals surface area contributed by atoms with Crippen molar-refractivity contribution in [1.82, 2.24) is 9.88 Å². The smallest absolute Gasteiger partial charge is 0.321 e. The summed E-state index contributed by atoms with van der Waals surface area (Å²) in [5.74, 6) is 0.374. The van der Waals surface area contributed by atoms with E-state index in [1.165, 1.54) is 11.1 Å². The number of hydrogen-bond acceptors (Lipinski definition) is 5.